The van der Waals surface area contributed by atoms with Crippen LogP contribution in [-0.2, 0) is 0 Å². The number of benzene rings is 1. The zero-order valence-electron chi connectivity index (χ0n) is 10.1. The molecule has 1 aromatic carbocycles. The number of carbonyl (C=O) groups excluding carboxylic acids is 1. The van der Waals surface area contributed by atoms with Crippen LogP contribution in [-0.4, -0.2) is 16.7 Å². The Hall–Kier alpha value is -1.81. The van der Waals surface area contributed by atoms with Crippen LogP contribution in [0.5, 0.6) is 5.75 Å². The fraction of sp³-hybridized carbons (Fsp3) is 0.286. The smallest absolute Gasteiger partial charge is 0.275 e. The summed E-state index contributed by atoms with van der Waals surface area (Å²) in [5.41, 5.74) is 3.69. The van der Waals surface area contributed by atoms with Gasteiger partial charge in [-0.15, -0.1) is 0 Å². The van der Waals surface area contributed by atoms with E-state index in [0.29, 0.717) is 16.9 Å². The molecule has 2 atom stereocenters. The standard InChI is InChI=1S/C14H13ClN2O2/c15-9-4-5-11(13(18)7-9)14(19)17-16-12-6-8-2-1-3-10(8)12/h1-2,4-5,7-8,10,18H,3,6H2,(H,17,19)/b16-12-/t8-,10-/m0/s1. The van der Waals surface area contributed by atoms with Crippen LogP contribution in [0.1, 0.15) is 23.2 Å². The molecule has 0 bridgehead atoms. The molecule has 2 aliphatic rings. The molecule has 1 amide bonds. The highest BCUT2D eigenvalue weighted by molar-refractivity contribution is 6.30. The number of aromatic hydroxyl groups is 1. The number of rotatable bonds is 2. The Morgan fingerprint density at radius 3 is 3.05 bits per heavy atom. The zero-order valence-corrected chi connectivity index (χ0v) is 10.9. The second-order valence-corrected chi connectivity index (χ2v) is 5.28. The third-order valence-electron chi connectivity index (χ3n) is 3.67. The molecule has 19 heavy (non-hydrogen) atoms. The molecule has 0 aromatic heterocycles. The normalized spacial score (nSPS) is 26.1. The minimum Gasteiger partial charge on any atom is -0.507 e. The number of fused-ring (bicyclic) bond motifs is 1. The van der Waals surface area contributed by atoms with Crippen molar-refractivity contribution < 1.29 is 9.90 Å². The Balaban J connectivity index is 1.67. The monoisotopic (exact) mass is 276 g/mol. The maximum absolute atomic E-state index is 11.9. The van der Waals surface area contributed by atoms with E-state index < -0.39 is 5.91 Å². The quantitative estimate of drug-likeness (QED) is 0.644. The van der Waals surface area contributed by atoms with Crippen molar-refractivity contribution in [2.75, 3.05) is 0 Å². The van der Waals surface area contributed by atoms with Gasteiger partial charge in [-0.3, -0.25) is 4.79 Å². The van der Waals surface area contributed by atoms with Gasteiger partial charge < -0.3 is 5.11 Å². The number of carbonyl (C=O) groups is 1. The minimum absolute atomic E-state index is 0.140. The highest BCUT2D eigenvalue weighted by atomic mass is 35.5. The molecule has 0 unspecified atom stereocenters. The fourth-order valence-electron chi connectivity index (χ4n) is 2.54. The first-order valence-electron chi connectivity index (χ1n) is 6.17. The van der Waals surface area contributed by atoms with E-state index in [1.165, 1.54) is 12.1 Å². The van der Waals surface area contributed by atoms with Crippen molar-refractivity contribution in [1.29, 1.82) is 0 Å². The number of phenolic OH excluding ortho intramolecular Hbond substituents is 1. The summed E-state index contributed by atoms with van der Waals surface area (Å²) in [5, 5.41) is 14.2. The van der Waals surface area contributed by atoms with Gasteiger partial charge >= 0.3 is 0 Å². The summed E-state index contributed by atoms with van der Waals surface area (Å²) >= 11 is 5.72. The van der Waals surface area contributed by atoms with Crippen molar-refractivity contribution in [3.63, 3.8) is 0 Å². The van der Waals surface area contributed by atoms with Gasteiger partial charge in [0.15, 0.2) is 0 Å². The van der Waals surface area contributed by atoms with Crippen LogP contribution in [0, 0.1) is 11.8 Å². The van der Waals surface area contributed by atoms with Gasteiger partial charge in [0.1, 0.15) is 5.75 Å². The first-order valence-corrected chi connectivity index (χ1v) is 6.55. The van der Waals surface area contributed by atoms with Crippen molar-refractivity contribution in [3.05, 3.63) is 40.9 Å². The maximum Gasteiger partial charge on any atom is 0.275 e. The Morgan fingerprint density at radius 2 is 2.32 bits per heavy atom. The summed E-state index contributed by atoms with van der Waals surface area (Å²) < 4.78 is 0. The summed E-state index contributed by atoms with van der Waals surface area (Å²) in [6.45, 7) is 0. The number of nitrogens with zero attached hydrogens (tertiary/aromatic N) is 1. The molecule has 1 fully saturated rings. The van der Waals surface area contributed by atoms with Gasteiger partial charge in [0, 0.05) is 16.7 Å². The number of amides is 1. The Bertz CT molecular complexity index is 595. The summed E-state index contributed by atoms with van der Waals surface area (Å²) in [6, 6.07) is 4.38. The summed E-state index contributed by atoms with van der Waals surface area (Å²) in [5.74, 6) is 0.494. The van der Waals surface area contributed by atoms with E-state index in [1.54, 1.807) is 6.07 Å². The van der Waals surface area contributed by atoms with Crippen molar-refractivity contribution in [1.82, 2.24) is 5.43 Å². The third-order valence-corrected chi connectivity index (χ3v) is 3.90. The molecule has 0 aliphatic heterocycles. The van der Waals surface area contributed by atoms with Gasteiger partial charge in [0.25, 0.3) is 5.91 Å². The van der Waals surface area contributed by atoms with E-state index in [2.05, 4.69) is 22.7 Å². The third kappa shape index (κ3) is 2.24. The summed E-state index contributed by atoms with van der Waals surface area (Å²) in [6.07, 6.45) is 6.28. The van der Waals surface area contributed by atoms with Crippen LogP contribution >= 0.6 is 11.6 Å². The number of phenols is 1. The number of hydrogen-bond donors (Lipinski definition) is 2. The van der Waals surface area contributed by atoms with E-state index in [4.69, 9.17) is 11.6 Å². The average molecular weight is 277 g/mol. The largest absolute Gasteiger partial charge is 0.507 e. The Kier molecular flexibility index (Phi) is 3.03. The minimum atomic E-state index is -0.420. The van der Waals surface area contributed by atoms with Crippen LogP contribution in [0.3, 0.4) is 0 Å². The van der Waals surface area contributed by atoms with E-state index in [9.17, 15) is 9.90 Å². The lowest BCUT2D eigenvalue weighted by atomic mass is 9.74. The highest BCUT2D eigenvalue weighted by Crippen LogP contribution is 2.40. The van der Waals surface area contributed by atoms with Crippen LogP contribution < -0.4 is 5.43 Å². The highest BCUT2D eigenvalue weighted by Gasteiger charge is 2.38. The lowest BCUT2D eigenvalue weighted by Crippen LogP contribution is -2.35. The van der Waals surface area contributed by atoms with Gasteiger partial charge in [-0.2, -0.15) is 5.10 Å². The molecular formula is C14H13ClN2O2. The second kappa shape index (κ2) is 4.70. The average Bonchev–Trinajstić information content (AvgIpc) is 2.71. The predicted molar refractivity (Wildman–Crippen MR) is 73.4 cm³/mol. The van der Waals surface area contributed by atoms with Gasteiger partial charge in [-0.1, -0.05) is 23.8 Å². The van der Waals surface area contributed by atoms with Crippen LogP contribution in [0.4, 0.5) is 0 Å². The van der Waals surface area contributed by atoms with E-state index in [0.717, 1.165) is 18.6 Å². The molecular weight excluding hydrogens is 264 g/mol. The number of allylic oxidation sites excluding steroid dienone is 2. The zero-order chi connectivity index (χ0) is 13.4. The predicted octanol–water partition coefficient (Wildman–Crippen LogP) is 2.73. The molecule has 2 N–H and O–H groups in total. The molecule has 0 saturated heterocycles. The lowest BCUT2D eigenvalue weighted by molar-refractivity contribution is 0.0951. The van der Waals surface area contributed by atoms with Gasteiger partial charge in [0.2, 0.25) is 0 Å². The maximum atomic E-state index is 11.9. The number of nitrogens with one attached hydrogen (secondary N) is 1. The SMILES string of the molecule is O=C(N/N=C1/C[C@@H]2C=CC[C@H]12)c1ccc(Cl)cc1O. The molecule has 1 aromatic rings. The van der Waals surface area contributed by atoms with Crippen LogP contribution in [0.25, 0.3) is 0 Å². The number of hydrogen-bond acceptors (Lipinski definition) is 3. The number of halogens is 1. The van der Waals surface area contributed by atoms with Crippen molar-refractivity contribution in [2.45, 2.75) is 12.8 Å². The second-order valence-electron chi connectivity index (χ2n) is 4.84. The van der Waals surface area contributed by atoms with Crippen LogP contribution in [0.15, 0.2) is 35.5 Å². The van der Waals surface area contributed by atoms with E-state index in [1.807, 2.05) is 0 Å². The summed E-state index contributed by atoms with van der Waals surface area (Å²) in [7, 11) is 0. The van der Waals surface area contributed by atoms with Crippen LogP contribution in [0.2, 0.25) is 5.02 Å². The molecule has 0 radical (unpaired) electrons. The Morgan fingerprint density at radius 1 is 1.47 bits per heavy atom. The molecule has 3 rings (SSSR count). The molecule has 98 valence electrons. The molecule has 4 nitrogen and oxygen atoms in total. The van der Waals surface area contributed by atoms with Crippen molar-refractivity contribution in [2.24, 2.45) is 16.9 Å². The van der Waals surface area contributed by atoms with Gasteiger partial charge in [0.05, 0.1) is 5.56 Å². The van der Waals surface area contributed by atoms with Gasteiger partial charge in [-0.25, -0.2) is 5.43 Å². The van der Waals surface area contributed by atoms with Gasteiger partial charge in [-0.05, 0) is 37.0 Å². The molecule has 0 spiro atoms. The molecule has 0 heterocycles. The molecule has 1 saturated carbocycles. The topological polar surface area (TPSA) is 61.7 Å². The lowest BCUT2D eigenvalue weighted by Gasteiger charge is -2.31. The van der Waals surface area contributed by atoms with Crippen molar-refractivity contribution >= 4 is 23.2 Å². The van der Waals surface area contributed by atoms with E-state index >= 15 is 0 Å². The molecule has 5 heteroatoms. The first-order chi connectivity index (χ1) is 9.15. The summed E-state index contributed by atoms with van der Waals surface area (Å²) in [4.78, 5) is 11.9. The molecule has 2 aliphatic carbocycles. The Labute approximate surface area is 115 Å². The van der Waals surface area contributed by atoms with E-state index in [-0.39, 0.29) is 11.3 Å². The fourth-order valence-corrected chi connectivity index (χ4v) is 2.71. The number of hydrazone groups is 1. The van der Waals surface area contributed by atoms with Crippen molar-refractivity contribution in [3.8, 4) is 5.75 Å². The first kappa shape index (κ1) is 12.2.